The Morgan fingerprint density at radius 3 is 2.67 bits per heavy atom. The van der Waals surface area contributed by atoms with E-state index in [1.807, 2.05) is 0 Å². The molecule has 0 spiro atoms. The summed E-state index contributed by atoms with van der Waals surface area (Å²) in [6, 6.07) is 0.291. The summed E-state index contributed by atoms with van der Waals surface area (Å²) in [5.74, 6) is 1.42. The van der Waals surface area contributed by atoms with Gasteiger partial charge in [0.25, 0.3) is 0 Å². The standard InChI is InChI=1S/C12H24N2O/c1-8(2)7-14-12(15)10-4-5-11(13)9(3)6-10/h8-11H,4-7,13H2,1-3H3,(H,14,15). The fourth-order valence-corrected chi connectivity index (χ4v) is 2.11. The first-order valence-electron chi connectivity index (χ1n) is 6.04. The Labute approximate surface area is 92.8 Å². The molecule has 0 aromatic carbocycles. The van der Waals surface area contributed by atoms with E-state index in [0.717, 1.165) is 25.8 Å². The van der Waals surface area contributed by atoms with Gasteiger partial charge in [0, 0.05) is 18.5 Å². The second kappa shape index (κ2) is 5.50. The highest BCUT2D eigenvalue weighted by atomic mass is 16.1. The van der Waals surface area contributed by atoms with Crippen LogP contribution in [-0.2, 0) is 4.79 Å². The molecule has 1 amide bonds. The van der Waals surface area contributed by atoms with Crippen molar-refractivity contribution in [2.45, 2.75) is 46.1 Å². The van der Waals surface area contributed by atoms with Crippen LogP contribution in [0.2, 0.25) is 0 Å². The molecule has 3 N–H and O–H groups in total. The molecule has 0 bridgehead atoms. The Hall–Kier alpha value is -0.570. The summed E-state index contributed by atoms with van der Waals surface area (Å²) < 4.78 is 0. The van der Waals surface area contributed by atoms with Crippen LogP contribution in [0.1, 0.15) is 40.0 Å². The van der Waals surface area contributed by atoms with Crippen molar-refractivity contribution >= 4 is 5.91 Å². The zero-order valence-electron chi connectivity index (χ0n) is 10.1. The number of rotatable bonds is 3. The Morgan fingerprint density at radius 1 is 1.47 bits per heavy atom. The molecule has 0 heterocycles. The lowest BCUT2D eigenvalue weighted by atomic mass is 9.79. The van der Waals surface area contributed by atoms with Gasteiger partial charge in [-0.05, 0) is 31.1 Å². The Morgan fingerprint density at radius 2 is 2.13 bits per heavy atom. The van der Waals surface area contributed by atoms with Crippen LogP contribution in [0.3, 0.4) is 0 Å². The van der Waals surface area contributed by atoms with Gasteiger partial charge in [0.05, 0.1) is 0 Å². The lowest BCUT2D eigenvalue weighted by Gasteiger charge is -2.31. The molecule has 1 aliphatic carbocycles. The number of nitrogens with two attached hydrogens (primary N) is 1. The summed E-state index contributed by atoms with van der Waals surface area (Å²) in [4.78, 5) is 11.8. The molecule has 0 radical (unpaired) electrons. The van der Waals surface area contributed by atoms with Crippen LogP contribution >= 0.6 is 0 Å². The number of carbonyl (C=O) groups is 1. The van der Waals surface area contributed by atoms with Crippen molar-refractivity contribution in [2.24, 2.45) is 23.5 Å². The lowest BCUT2D eigenvalue weighted by molar-refractivity contribution is -0.126. The van der Waals surface area contributed by atoms with Gasteiger partial charge in [-0.3, -0.25) is 4.79 Å². The predicted octanol–water partition coefficient (Wildman–Crippen LogP) is 1.52. The molecule has 3 nitrogen and oxygen atoms in total. The summed E-state index contributed by atoms with van der Waals surface area (Å²) in [5, 5.41) is 3.01. The molecule has 0 saturated heterocycles. The summed E-state index contributed by atoms with van der Waals surface area (Å²) in [7, 11) is 0. The van der Waals surface area contributed by atoms with Gasteiger partial charge in [0.15, 0.2) is 0 Å². The zero-order chi connectivity index (χ0) is 11.4. The average Bonchev–Trinajstić information content (AvgIpc) is 2.18. The zero-order valence-corrected chi connectivity index (χ0v) is 10.1. The quantitative estimate of drug-likeness (QED) is 0.745. The maximum Gasteiger partial charge on any atom is 0.223 e. The average molecular weight is 212 g/mol. The predicted molar refractivity (Wildman–Crippen MR) is 62.3 cm³/mol. The molecule has 88 valence electrons. The van der Waals surface area contributed by atoms with E-state index in [4.69, 9.17) is 5.73 Å². The van der Waals surface area contributed by atoms with Crippen LogP contribution in [0.15, 0.2) is 0 Å². The van der Waals surface area contributed by atoms with Crippen LogP contribution in [0.25, 0.3) is 0 Å². The van der Waals surface area contributed by atoms with E-state index in [2.05, 4.69) is 26.1 Å². The minimum atomic E-state index is 0.193. The van der Waals surface area contributed by atoms with Gasteiger partial charge in [-0.1, -0.05) is 20.8 Å². The summed E-state index contributed by atoms with van der Waals surface area (Å²) >= 11 is 0. The molecule has 0 aromatic rings. The molecular formula is C12H24N2O. The third-order valence-corrected chi connectivity index (χ3v) is 3.29. The van der Waals surface area contributed by atoms with E-state index in [1.54, 1.807) is 0 Å². The Kier molecular flexibility index (Phi) is 4.58. The molecule has 1 fully saturated rings. The Bertz CT molecular complexity index is 216. The Balaban J connectivity index is 2.34. The molecule has 1 saturated carbocycles. The minimum Gasteiger partial charge on any atom is -0.356 e. The first kappa shape index (κ1) is 12.5. The summed E-state index contributed by atoms with van der Waals surface area (Å²) in [6.45, 7) is 7.15. The number of amides is 1. The molecule has 15 heavy (non-hydrogen) atoms. The van der Waals surface area contributed by atoms with Crippen molar-refractivity contribution in [3.63, 3.8) is 0 Å². The largest absolute Gasteiger partial charge is 0.356 e. The van der Waals surface area contributed by atoms with Crippen LogP contribution in [-0.4, -0.2) is 18.5 Å². The van der Waals surface area contributed by atoms with Crippen LogP contribution < -0.4 is 11.1 Å². The van der Waals surface area contributed by atoms with Gasteiger partial charge in [0.1, 0.15) is 0 Å². The van der Waals surface area contributed by atoms with Gasteiger partial charge in [-0.2, -0.15) is 0 Å². The smallest absolute Gasteiger partial charge is 0.223 e. The highest BCUT2D eigenvalue weighted by molar-refractivity contribution is 5.78. The molecule has 0 aromatic heterocycles. The number of hydrogen-bond acceptors (Lipinski definition) is 2. The molecule has 3 atom stereocenters. The summed E-state index contributed by atoms with van der Waals surface area (Å²) in [5.41, 5.74) is 5.93. The molecule has 1 rings (SSSR count). The van der Waals surface area contributed by atoms with Gasteiger partial charge in [-0.15, -0.1) is 0 Å². The van der Waals surface area contributed by atoms with Crippen molar-refractivity contribution in [3.05, 3.63) is 0 Å². The van der Waals surface area contributed by atoms with E-state index in [1.165, 1.54) is 0 Å². The van der Waals surface area contributed by atoms with Gasteiger partial charge < -0.3 is 11.1 Å². The molecule has 0 aliphatic heterocycles. The maximum atomic E-state index is 11.8. The van der Waals surface area contributed by atoms with Crippen LogP contribution in [0, 0.1) is 17.8 Å². The second-order valence-corrected chi connectivity index (χ2v) is 5.29. The van der Waals surface area contributed by atoms with E-state index in [-0.39, 0.29) is 11.8 Å². The SMILES string of the molecule is CC(C)CNC(=O)C1CCC(N)C(C)C1. The first-order valence-corrected chi connectivity index (χ1v) is 6.04. The molecular weight excluding hydrogens is 188 g/mol. The van der Waals surface area contributed by atoms with Crippen LogP contribution in [0.5, 0.6) is 0 Å². The van der Waals surface area contributed by atoms with Gasteiger partial charge in [-0.25, -0.2) is 0 Å². The van der Waals surface area contributed by atoms with Crippen molar-refractivity contribution < 1.29 is 4.79 Å². The molecule has 1 aliphatic rings. The number of carbonyl (C=O) groups excluding carboxylic acids is 1. The van der Waals surface area contributed by atoms with E-state index in [0.29, 0.717) is 17.9 Å². The second-order valence-electron chi connectivity index (χ2n) is 5.29. The third-order valence-electron chi connectivity index (χ3n) is 3.29. The lowest BCUT2D eigenvalue weighted by Crippen LogP contribution is -2.41. The normalized spacial score (nSPS) is 31.7. The fraction of sp³-hybridized carbons (Fsp3) is 0.917. The first-order chi connectivity index (χ1) is 7.00. The van der Waals surface area contributed by atoms with Gasteiger partial charge in [0.2, 0.25) is 5.91 Å². The monoisotopic (exact) mass is 212 g/mol. The summed E-state index contributed by atoms with van der Waals surface area (Å²) in [6.07, 6.45) is 2.89. The topological polar surface area (TPSA) is 55.1 Å². The molecule has 3 heteroatoms. The molecule has 3 unspecified atom stereocenters. The van der Waals surface area contributed by atoms with E-state index >= 15 is 0 Å². The van der Waals surface area contributed by atoms with Crippen molar-refractivity contribution in [2.75, 3.05) is 6.54 Å². The highest BCUT2D eigenvalue weighted by Gasteiger charge is 2.29. The minimum absolute atomic E-state index is 0.193. The van der Waals surface area contributed by atoms with Crippen molar-refractivity contribution in [3.8, 4) is 0 Å². The maximum absolute atomic E-state index is 11.8. The van der Waals surface area contributed by atoms with E-state index < -0.39 is 0 Å². The number of nitrogens with one attached hydrogen (secondary N) is 1. The van der Waals surface area contributed by atoms with Crippen LogP contribution in [0.4, 0.5) is 0 Å². The van der Waals surface area contributed by atoms with E-state index in [9.17, 15) is 4.79 Å². The third kappa shape index (κ3) is 3.82. The fourth-order valence-electron chi connectivity index (χ4n) is 2.11. The van der Waals surface area contributed by atoms with Crippen molar-refractivity contribution in [1.82, 2.24) is 5.32 Å². The number of hydrogen-bond donors (Lipinski definition) is 2. The van der Waals surface area contributed by atoms with Crippen molar-refractivity contribution in [1.29, 1.82) is 0 Å². The van der Waals surface area contributed by atoms with Gasteiger partial charge >= 0.3 is 0 Å². The highest BCUT2D eigenvalue weighted by Crippen LogP contribution is 2.27.